The second-order valence-corrected chi connectivity index (χ2v) is 9.04. The van der Waals surface area contributed by atoms with Gasteiger partial charge in [-0.15, -0.1) is 10.2 Å². The number of benzene rings is 2. The molecule has 0 amide bonds. The fraction of sp³-hybridized carbons (Fsp3) is 0.296. The quantitative estimate of drug-likeness (QED) is 0.324. The van der Waals surface area contributed by atoms with Gasteiger partial charge < -0.3 is 19.9 Å². The molecular weight excluding hydrogens is 485 g/mol. The molecule has 1 fully saturated rings. The van der Waals surface area contributed by atoms with Gasteiger partial charge in [0.25, 0.3) is 0 Å². The zero-order valence-corrected chi connectivity index (χ0v) is 20.0. The molecule has 1 aliphatic rings. The maximum absolute atomic E-state index is 13.5. The predicted octanol–water partition coefficient (Wildman–Crippen LogP) is 5.48. The zero-order valence-electron chi connectivity index (χ0n) is 20.0. The van der Waals surface area contributed by atoms with E-state index in [0.29, 0.717) is 46.1 Å². The summed E-state index contributed by atoms with van der Waals surface area (Å²) in [5, 5.41) is 22.9. The summed E-state index contributed by atoms with van der Waals surface area (Å²) in [6.07, 6.45) is -0.0778. The van der Waals surface area contributed by atoms with Gasteiger partial charge in [0.2, 0.25) is 0 Å². The van der Waals surface area contributed by atoms with E-state index in [2.05, 4.69) is 20.5 Å². The van der Waals surface area contributed by atoms with Crippen molar-refractivity contribution in [3.05, 3.63) is 72.1 Å². The van der Waals surface area contributed by atoms with Crippen LogP contribution in [0, 0.1) is 5.92 Å². The van der Waals surface area contributed by atoms with Crippen molar-refractivity contribution >= 4 is 16.6 Å². The highest BCUT2D eigenvalue weighted by atomic mass is 19.4. The van der Waals surface area contributed by atoms with Crippen LogP contribution in [0.2, 0.25) is 0 Å². The number of hydrogen-bond donors (Lipinski definition) is 2. The van der Waals surface area contributed by atoms with Crippen LogP contribution in [0.4, 0.5) is 19.0 Å². The van der Waals surface area contributed by atoms with Gasteiger partial charge in [-0.1, -0.05) is 12.1 Å². The number of aliphatic hydroxyl groups excluding tert-OH is 1. The minimum atomic E-state index is -4.53. The second kappa shape index (κ2) is 10.2. The molecule has 0 bridgehead atoms. The van der Waals surface area contributed by atoms with Gasteiger partial charge in [0.05, 0.1) is 18.8 Å². The van der Waals surface area contributed by atoms with Crippen molar-refractivity contribution in [3.63, 3.8) is 0 Å². The number of aliphatic hydroxyl groups is 1. The number of nitrogens with zero attached hydrogens (tertiary/aromatic N) is 3. The van der Waals surface area contributed by atoms with E-state index in [1.54, 1.807) is 49.8 Å². The van der Waals surface area contributed by atoms with Crippen LogP contribution in [0.3, 0.4) is 0 Å². The Morgan fingerprint density at radius 3 is 2.51 bits per heavy atom. The molecule has 0 unspecified atom stereocenters. The smallest absolute Gasteiger partial charge is 0.416 e. The first-order valence-electron chi connectivity index (χ1n) is 11.8. The third-order valence-corrected chi connectivity index (χ3v) is 6.47. The van der Waals surface area contributed by atoms with Crippen molar-refractivity contribution in [2.75, 3.05) is 19.0 Å². The fourth-order valence-electron chi connectivity index (χ4n) is 4.33. The summed E-state index contributed by atoms with van der Waals surface area (Å²) in [5.41, 5.74) is 0.727. The number of pyridine rings is 1. The number of ether oxygens (including phenoxy) is 2. The molecule has 1 aliphatic carbocycles. The van der Waals surface area contributed by atoms with Crippen LogP contribution in [0.25, 0.3) is 22.0 Å². The van der Waals surface area contributed by atoms with E-state index in [4.69, 9.17) is 9.47 Å². The number of rotatable bonds is 8. The lowest BCUT2D eigenvalue weighted by Crippen LogP contribution is -2.33. The first-order valence-corrected chi connectivity index (χ1v) is 11.8. The molecule has 7 nitrogen and oxygen atoms in total. The van der Waals surface area contributed by atoms with Gasteiger partial charge in [-0.2, -0.15) is 13.2 Å². The largest absolute Gasteiger partial charge is 0.497 e. The standard InChI is InChI=1S/C27H25F3N4O3/c1-36-20-5-2-16(3-6-20)15-37-24-12-18(27(28,29)30)4-7-22(24)25-21-8-9-31-14-23(21)26(34-33-25)32-13-17-10-19(35)11-17/h2-9,12,14,17,19,35H,10-11,13,15H2,1H3,(H,32,34). The predicted molar refractivity (Wildman–Crippen MR) is 132 cm³/mol. The number of hydrogen-bond acceptors (Lipinski definition) is 7. The van der Waals surface area contributed by atoms with Gasteiger partial charge in [0.15, 0.2) is 5.82 Å². The Balaban J connectivity index is 1.49. The summed E-state index contributed by atoms with van der Waals surface area (Å²) in [6, 6.07) is 12.2. The Labute approximate surface area is 211 Å². The average Bonchev–Trinajstić information content (AvgIpc) is 2.89. The van der Waals surface area contributed by atoms with E-state index in [9.17, 15) is 18.3 Å². The topological polar surface area (TPSA) is 89.4 Å². The minimum absolute atomic E-state index is 0.0437. The van der Waals surface area contributed by atoms with Crippen LogP contribution >= 0.6 is 0 Å². The third kappa shape index (κ3) is 5.43. The van der Waals surface area contributed by atoms with E-state index in [1.165, 1.54) is 6.07 Å². The molecular formula is C27H25F3N4O3. The number of anilines is 1. The van der Waals surface area contributed by atoms with E-state index in [1.807, 2.05) is 0 Å². The number of fused-ring (bicyclic) bond motifs is 1. The lowest BCUT2D eigenvalue weighted by molar-refractivity contribution is -0.137. The van der Waals surface area contributed by atoms with Crippen molar-refractivity contribution in [2.24, 2.45) is 5.92 Å². The summed E-state index contributed by atoms with van der Waals surface area (Å²) in [4.78, 5) is 4.20. The van der Waals surface area contributed by atoms with Crippen LogP contribution in [0.5, 0.6) is 11.5 Å². The molecule has 192 valence electrons. The molecule has 0 aliphatic heterocycles. The van der Waals surface area contributed by atoms with E-state index in [-0.39, 0.29) is 18.5 Å². The highest BCUT2D eigenvalue weighted by Gasteiger charge is 2.32. The number of aromatic nitrogens is 3. The van der Waals surface area contributed by atoms with Gasteiger partial charge in [-0.3, -0.25) is 4.98 Å². The molecule has 37 heavy (non-hydrogen) atoms. The van der Waals surface area contributed by atoms with E-state index in [0.717, 1.165) is 30.5 Å². The van der Waals surface area contributed by atoms with Crippen LogP contribution < -0.4 is 14.8 Å². The van der Waals surface area contributed by atoms with E-state index >= 15 is 0 Å². The van der Waals surface area contributed by atoms with Crippen LogP contribution in [-0.4, -0.2) is 40.0 Å². The summed E-state index contributed by atoms with van der Waals surface area (Å²) < 4.78 is 51.7. The minimum Gasteiger partial charge on any atom is -0.497 e. The first kappa shape index (κ1) is 24.8. The molecule has 2 aromatic carbocycles. The lowest BCUT2D eigenvalue weighted by atomic mass is 9.82. The Hall–Kier alpha value is -3.92. The summed E-state index contributed by atoms with van der Waals surface area (Å²) in [6.45, 7) is 0.684. The Bertz CT molecular complexity index is 1390. The Morgan fingerprint density at radius 2 is 1.81 bits per heavy atom. The molecule has 10 heteroatoms. The number of methoxy groups -OCH3 is 1. The average molecular weight is 511 g/mol. The molecule has 0 spiro atoms. The van der Waals surface area contributed by atoms with Crippen molar-refractivity contribution in [1.29, 1.82) is 0 Å². The van der Waals surface area contributed by atoms with Gasteiger partial charge >= 0.3 is 6.18 Å². The second-order valence-electron chi connectivity index (χ2n) is 9.04. The van der Waals surface area contributed by atoms with E-state index < -0.39 is 11.7 Å². The maximum atomic E-state index is 13.5. The van der Waals surface area contributed by atoms with Crippen LogP contribution in [-0.2, 0) is 12.8 Å². The van der Waals surface area contributed by atoms with Crippen LogP contribution in [0.1, 0.15) is 24.0 Å². The Morgan fingerprint density at radius 1 is 1.03 bits per heavy atom. The molecule has 0 atom stereocenters. The van der Waals surface area contributed by atoms with Gasteiger partial charge in [0.1, 0.15) is 23.8 Å². The normalized spacial score (nSPS) is 17.3. The molecule has 4 aromatic rings. The number of alkyl halides is 3. The summed E-state index contributed by atoms with van der Waals surface area (Å²) in [5.74, 6) is 1.58. The molecule has 0 saturated heterocycles. The highest BCUT2D eigenvalue weighted by molar-refractivity contribution is 6.00. The summed E-state index contributed by atoms with van der Waals surface area (Å²) >= 11 is 0. The maximum Gasteiger partial charge on any atom is 0.416 e. The molecule has 2 N–H and O–H groups in total. The van der Waals surface area contributed by atoms with Crippen molar-refractivity contribution in [3.8, 4) is 22.8 Å². The van der Waals surface area contributed by atoms with Crippen molar-refractivity contribution in [1.82, 2.24) is 15.2 Å². The fourth-order valence-corrected chi connectivity index (χ4v) is 4.33. The monoisotopic (exact) mass is 510 g/mol. The van der Waals surface area contributed by atoms with Gasteiger partial charge in [0, 0.05) is 35.3 Å². The summed E-state index contributed by atoms with van der Waals surface area (Å²) in [7, 11) is 1.56. The molecule has 5 rings (SSSR count). The molecule has 1 saturated carbocycles. The zero-order chi connectivity index (χ0) is 26.0. The lowest BCUT2D eigenvalue weighted by Gasteiger charge is -2.31. The number of halogens is 3. The highest BCUT2D eigenvalue weighted by Crippen LogP contribution is 2.39. The SMILES string of the molecule is COc1ccc(COc2cc(C(F)(F)F)ccc2-c2nnc(NCC3CC(O)C3)c3cnccc23)cc1. The van der Waals surface area contributed by atoms with Gasteiger partial charge in [-0.25, -0.2) is 0 Å². The third-order valence-electron chi connectivity index (χ3n) is 6.47. The van der Waals surface area contributed by atoms with Gasteiger partial charge in [-0.05, 0) is 60.7 Å². The first-order chi connectivity index (χ1) is 17.8. The van der Waals surface area contributed by atoms with Crippen LogP contribution in [0.15, 0.2) is 60.9 Å². The van der Waals surface area contributed by atoms with Crippen molar-refractivity contribution in [2.45, 2.75) is 31.7 Å². The molecule has 2 aromatic heterocycles. The molecule has 0 radical (unpaired) electrons. The number of nitrogens with one attached hydrogen (secondary N) is 1. The molecule has 2 heterocycles. The Kier molecular flexibility index (Phi) is 6.84. The van der Waals surface area contributed by atoms with Crippen molar-refractivity contribution < 1.29 is 27.8 Å².